The molecule has 0 aliphatic carbocycles. The SMILES string of the molecule is CC=C(CNC)C(C)C(C)CC. The molecule has 0 aromatic rings. The summed E-state index contributed by atoms with van der Waals surface area (Å²) in [5.41, 5.74) is 1.53. The quantitative estimate of drug-likeness (QED) is 0.624. The van der Waals surface area contributed by atoms with Crippen LogP contribution in [0.2, 0.25) is 0 Å². The molecule has 0 amide bonds. The molecule has 0 heterocycles. The van der Waals surface area contributed by atoms with E-state index in [2.05, 4.69) is 39.1 Å². The van der Waals surface area contributed by atoms with Gasteiger partial charge >= 0.3 is 0 Å². The fraction of sp³-hybridized carbons (Fsp3) is 0.818. The highest BCUT2D eigenvalue weighted by Crippen LogP contribution is 2.21. The average molecular weight is 169 g/mol. The summed E-state index contributed by atoms with van der Waals surface area (Å²) in [7, 11) is 2.01. The molecule has 0 aromatic heterocycles. The van der Waals surface area contributed by atoms with Crippen LogP contribution in [0.5, 0.6) is 0 Å². The monoisotopic (exact) mass is 169 g/mol. The van der Waals surface area contributed by atoms with Crippen molar-refractivity contribution in [2.75, 3.05) is 13.6 Å². The van der Waals surface area contributed by atoms with Crippen LogP contribution >= 0.6 is 0 Å². The van der Waals surface area contributed by atoms with E-state index in [0.29, 0.717) is 5.92 Å². The number of hydrogen-bond donors (Lipinski definition) is 1. The van der Waals surface area contributed by atoms with Gasteiger partial charge in [0.1, 0.15) is 0 Å². The lowest BCUT2D eigenvalue weighted by Crippen LogP contribution is -2.19. The van der Waals surface area contributed by atoms with Gasteiger partial charge in [-0.1, -0.05) is 38.8 Å². The molecule has 0 saturated carbocycles. The van der Waals surface area contributed by atoms with Crippen molar-refractivity contribution in [3.05, 3.63) is 11.6 Å². The van der Waals surface area contributed by atoms with Gasteiger partial charge in [0.2, 0.25) is 0 Å². The number of allylic oxidation sites excluding steroid dienone is 1. The normalized spacial score (nSPS) is 17.6. The van der Waals surface area contributed by atoms with Crippen LogP contribution in [0.1, 0.15) is 34.1 Å². The van der Waals surface area contributed by atoms with Crippen LogP contribution in [0.4, 0.5) is 0 Å². The lowest BCUT2D eigenvalue weighted by Gasteiger charge is -2.21. The fourth-order valence-electron chi connectivity index (χ4n) is 1.45. The Kier molecular flexibility index (Phi) is 6.09. The fourth-order valence-corrected chi connectivity index (χ4v) is 1.45. The Morgan fingerprint density at radius 1 is 1.42 bits per heavy atom. The predicted molar refractivity (Wildman–Crippen MR) is 56.3 cm³/mol. The summed E-state index contributed by atoms with van der Waals surface area (Å²) in [6.45, 7) is 10.1. The van der Waals surface area contributed by atoms with E-state index in [9.17, 15) is 0 Å². The van der Waals surface area contributed by atoms with Gasteiger partial charge in [-0.3, -0.25) is 0 Å². The Hall–Kier alpha value is -0.300. The van der Waals surface area contributed by atoms with E-state index in [1.165, 1.54) is 12.0 Å². The summed E-state index contributed by atoms with van der Waals surface area (Å²) in [6.07, 6.45) is 3.51. The molecule has 12 heavy (non-hydrogen) atoms. The highest BCUT2D eigenvalue weighted by Gasteiger charge is 2.13. The highest BCUT2D eigenvalue weighted by atomic mass is 14.8. The van der Waals surface area contributed by atoms with Crippen LogP contribution in [0.25, 0.3) is 0 Å². The Morgan fingerprint density at radius 2 is 2.00 bits per heavy atom. The molecule has 0 rings (SSSR count). The standard InChI is InChI=1S/C11H23N/c1-6-9(3)10(4)11(7-2)8-12-5/h7,9-10,12H,6,8H2,1-5H3. The summed E-state index contributed by atoms with van der Waals surface area (Å²) in [5, 5.41) is 3.21. The minimum atomic E-state index is 0.715. The van der Waals surface area contributed by atoms with Crippen molar-refractivity contribution in [3.8, 4) is 0 Å². The van der Waals surface area contributed by atoms with Gasteiger partial charge in [-0.2, -0.15) is 0 Å². The second-order valence-corrected chi connectivity index (χ2v) is 3.57. The van der Waals surface area contributed by atoms with Crippen molar-refractivity contribution in [1.82, 2.24) is 5.32 Å². The third-order valence-corrected chi connectivity index (χ3v) is 2.83. The Balaban J connectivity index is 4.12. The second-order valence-electron chi connectivity index (χ2n) is 3.57. The molecule has 0 aromatic carbocycles. The van der Waals surface area contributed by atoms with Gasteiger partial charge in [0.05, 0.1) is 0 Å². The van der Waals surface area contributed by atoms with E-state index in [0.717, 1.165) is 12.5 Å². The average Bonchev–Trinajstić information content (AvgIpc) is 2.11. The van der Waals surface area contributed by atoms with Crippen molar-refractivity contribution >= 4 is 0 Å². The topological polar surface area (TPSA) is 12.0 Å². The molecule has 72 valence electrons. The molecule has 0 aliphatic heterocycles. The summed E-state index contributed by atoms with van der Waals surface area (Å²) in [6, 6.07) is 0. The number of nitrogens with one attached hydrogen (secondary N) is 1. The summed E-state index contributed by atoms with van der Waals surface area (Å²) in [4.78, 5) is 0. The van der Waals surface area contributed by atoms with Gasteiger partial charge in [-0.25, -0.2) is 0 Å². The van der Waals surface area contributed by atoms with Gasteiger partial charge < -0.3 is 5.32 Å². The Labute approximate surface area is 77.2 Å². The summed E-state index contributed by atoms with van der Waals surface area (Å²) in [5.74, 6) is 1.51. The lowest BCUT2D eigenvalue weighted by molar-refractivity contribution is 0.419. The van der Waals surface area contributed by atoms with Crippen LogP contribution in [0, 0.1) is 11.8 Å². The van der Waals surface area contributed by atoms with Crippen molar-refractivity contribution in [2.24, 2.45) is 11.8 Å². The molecule has 0 saturated heterocycles. The maximum absolute atomic E-state index is 3.21. The van der Waals surface area contributed by atoms with E-state index in [-0.39, 0.29) is 0 Å². The molecule has 0 fully saturated rings. The van der Waals surface area contributed by atoms with Crippen LogP contribution < -0.4 is 5.32 Å². The van der Waals surface area contributed by atoms with Gasteiger partial charge in [-0.15, -0.1) is 0 Å². The van der Waals surface area contributed by atoms with E-state index >= 15 is 0 Å². The molecular formula is C11H23N. The first-order valence-corrected chi connectivity index (χ1v) is 4.97. The minimum Gasteiger partial charge on any atom is -0.316 e. The third kappa shape index (κ3) is 3.40. The van der Waals surface area contributed by atoms with Crippen LogP contribution in [0.15, 0.2) is 11.6 Å². The number of hydrogen-bond acceptors (Lipinski definition) is 1. The third-order valence-electron chi connectivity index (χ3n) is 2.83. The molecule has 0 aliphatic rings. The van der Waals surface area contributed by atoms with Crippen molar-refractivity contribution < 1.29 is 0 Å². The predicted octanol–water partition coefficient (Wildman–Crippen LogP) is 2.83. The molecular weight excluding hydrogens is 146 g/mol. The Morgan fingerprint density at radius 3 is 2.33 bits per heavy atom. The van der Waals surface area contributed by atoms with Gasteiger partial charge in [0.25, 0.3) is 0 Å². The van der Waals surface area contributed by atoms with Crippen LogP contribution in [0.3, 0.4) is 0 Å². The van der Waals surface area contributed by atoms with Gasteiger partial charge in [0, 0.05) is 6.54 Å². The first kappa shape index (κ1) is 11.7. The van der Waals surface area contributed by atoms with Crippen LogP contribution in [-0.2, 0) is 0 Å². The molecule has 0 radical (unpaired) electrons. The zero-order valence-corrected chi connectivity index (χ0v) is 9.15. The molecule has 2 atom stereocenters. The maximum Gasteiger partial charge on any atom is 0.0164 e. The molecule has 0 spiro atoms. The zero-order valence-electron chi connectivity index (χ0n) is 9.15. The highest BCUT2D eigenvalue weighted by molar-refractivity contribution is 5.07. The van der Waals surface area contributed by atoms with Crippen molar-refractivity contribution in [2.45, 2.75) is 34.1 Å². The lowest BCUT2D eigenvalue weighted by atomic mass is 9.87. The van der Waals surface area contributed by atoms with E-state index in [1.54, 1.807) is 0 Å². The molecule has 1 heteroatoms. The van der Waals surface area contributed by atoms with E-state index in [4.69, 9.17) is 0 Å². The molecule has 0 bridgehead atoms. The van der Waals surface area contributed by atoms with E-state index in [1.807, 2.05) is 7.05 Å². The van der Waals surface area contributed by atoms with Crippen molar-refractivity contribution in [1.29, 1.82) is 0 Å². The molecule has 1 nitrogen and oxygen atoms in total. The first-order chi connectivity index (χ1) is 5.67. The Bertz CT molecular complexity index is 138. The summed E-state index contributed by atoms with van der Waals surface area (Å²) >= 11 is 0. The van der Waals surface area contributed by atoms with Crippen LogP contribution in [-0.4, -0.2) is 13.6 Å². The van der Waals surface area contributed by atoms with Crippen molar-refractivity contribution in [3.63, 3.8) is 0 Å². The minimum absolute atomic E-state index is 0.715. The first-order valence-electron chi connectivity index (χ1n) is 4.97. The molecule has 2 unspecified atom stereocenters. The maximum atomic E-state index is 3.21. The summed E-state index contributed by atoms with van der Waals surface area (Å²) < 4.78 is 0. The number of rotatable bonds is 5. The smallest absolute Gasteiger partial charge is 0.0164 e. The zero-order chi connectivity index (χ0) is 9.56. The second kappa shape index (κ2) is 6.24. The van der Waals surface area contributed by atoms with Gasteiger partial charge in [-0.05, 0) is 25.8 Å². The largest absolute Gasteiger partial charge is 0.316 e. The van der Waals surface area contributed by atoms with E-state index < -0.39 is 0 Å². The molecule has 1 N–H and O–H groups in total. The number of likely N-dealkylation sites (N-methyl/N-ethyl adjacent to an activating group) is 1. The van der Waals surface area contributed by atoms with Gasteiger partial charge in [0.15, 0.2) is 0 Å².